The maximum Gasteiger partial charge on any atom is 0.0109 e. The normalized spacial score (nSPS) is 8.67. The minimum absolute atomic E-state index is 0. The number of anilines is 1. The number of hydrogen-bond acceptors (Lipinski definition) is 2. The van der Waals surface area contributed by atoms with Crippen LogP contribution in [0.15, 0.2) is 0 Å². The van der Waals surface area contributed by atoms with E-state index >= 15 is 0 Å². The van der Waals surface area contributed by atoms with Crippen LogP contribution in [0.25, 0.3) is 0 Å². The average Bonchev–Trinajstić information content (AvgIpc) is 1.98. The van der Waals surface area contributed by atoms with Crippen LogP contribution >= 0.6 is 0 Å². The zero-order valence-corrected chi connectivity index (χ0v) is 8.39. The topological polar surface area (TPSA) is 43.8 Å². The number of aromatic nitrogens is 2. The molecule has 0 spiro atoms. The van der Waals surface area contributed by atoms with Gasteiger partial charge in [-0.1, -0.05) is 6.92 Å². The molecule has 0 aliphatic heterocycles. The van der Waals surface area contributed by atoms with Crippen LogP contribution in [0.4, 0.5) is 5.82 Å². The summed E-state index contributed by atoms with van der Waals surface area (Å²) < 4.78 is 1.59. The fraction of sp³-hybridized carbons (Fsp3) is 0.400. The van der Waals surface area contributed by atoms with Gasteiger partial charge in [-0.3, -0.25) is 0 Å². The molecule has 0 aliphatic carbocycles. The van der Waals surface area contributed by atoms with Crippen LogP contribution < -0.4 is 5.73 Å². The predicted octanol–water partition coefficient (Wildman–Crippen LogP) is 0.108. The molecular weight excluding hydrogens is 191 g/mol. The van der Waals surface area contributed by atoms with Crippen molar-refractivity contribution >= 4 is 5.82 Å². The number of rotatable bonds is 0. The average molecular weight is 199 g/mol. The molecule has 0 aromatic carbocycles. The molecule has 1 radical (unpaired) electrons. The maximum absolute atomic E-state index is 5.47. The quantitative estimate of drug-likeness (QED) is 0.602. The van der Waals surface area contributed by atoms with Crippen molar-refractivity contribution in [3.63, 3.8) is 0 Å². The molecule has 9 heavy (non-hydrogen) atoms. The van der Waals surface area contributed by atoms with E-state index in [1.807, 2.05) is 6.92 Å². The van der Waals surface area contributed by atoms with Crippen LogP contribution in [-0.4, -0.2) is 9.78 Å². The van der Waals surface area contributed by atoms with Gasteiger partial charge in [0, 0.05) is 39.8 Å². The second-order valence-electron chi connectivity index (χ2n) is 1.75. The molecule has 0 bridgehead atoms. The fourth-order valence-electron chi connectivity index (χ4n) is 0.504. The van der Waals surface area contributed by atoms with Gasteiger partial charge in [0.05, 0.1) is 0 Å². The fourth-order valence-corrected chi connectivity index (χ4v) is 0.504. The van der Waals surface area contributed by atoms with Crippen molar-refractivity contribution in [1.29, 1.82) is 0 Å². The first-order valence-corrected chi connectivity index (χ1v) is 2.38. The van der Waals surface area contributed by atoms with Gasteiger partial charge in [0.1, 0.15) is 0 Å². The van der Waals surface area contributed by atoms with E-state index in [0.29, 0.717) is 5.82 Å². The standard InChI is InChI=1S/C5H8N3.Y/c1-4-3-7-8(2)5(4)6;/h6H2,1-2H3;/q-1;. The predicted molar refractivity (Wildman–Crippen MR) is 31.2 cm³/mol. The molecule has 0 amide bonds. The van der Waals surface area contributed by atoms with Gasteiger partial charge < -0.3 is 15.5 Å². The Bertz CT molecular complexity index is 175. The zero-order valence-electron chi connectivity index (χ0n) is 5.55. The molecule has 0 aliphatic rings. The Balaban J connectivity index is 0.000000640. The third-order valence-corrected chi connectivity index (χ3v) is 1.10. The number of aryl methyl sites for hydroxylation is 2. The van der Waals surface area contributed by atoms with E-state index < -0.39 is 0 Å². The van der Waals surface area contributed by atoms with Crippen molar-refractivity contribution in [2.45, 2.75) is 6.92 Å². The van der Waals surface area contributed by atoms with Crippen molar-refractivity contribution in [3.05, 3.63) is 11.8 Å². The van der Waals surface area contributed by atoms with E-state index in [1.165, 1.54) is 0 Å². The van der Waals surface area contributed by atoms with Crippen LogP contribution in [0, 0.1) is 13.1 Å². The molecular formula is C5H8N3Y-. The van der Waals surface area contributed by atoms with Gasteiger partial charge >= 0.3 is 0 Å². The molecule has 1 heterocycles. The summed E-state index contributed by atoms with van der Waals surface area (Å²) in [4.78, 5) is 0. The molecule has 1 aromatic heterocycles. The Morgan fingerprint density at radius 2 is 2.22 bits per heavy atom. The summed E-state index contributed by atoms with van der Waals surface area (Å²) in [5.41, 5.74) is 6.38. The van der Waals surface area contributed by atoms with Gasteiger partial charge in [-0.25, -0.2) is 0 Å². The molecule has 1 rings (SSSR count). The maximum atomic E-state index is 5.47. The molecule has 47 valence electrons. The number of nitrogen functional groups attached to an aromatic ring is 1. The van der Waals surface area contributed by atoms with Crippen LogP contribution in [0.3, 0.4) is 0 Å². The van der Waals surface area contributed by atoms with Crippen LogP contribution in [0.2, 0.25) is 0 Å². The molecule has 0 saturated heterocycles. The second kappa shape index (κ2) is 3.32. The van der Waals surface area contributed by atoms with Crippen molar-refractivity contribution in [2.75, 3.05) is 5.73 Å². The molecule has 2 N–H and O–H groups in total. The Morgan fingerprint density at radius 3 is 2.33 bits per heavy atom. The van der Waals surface area contributed by atoms with Gasteiger partial charge in [0.15, 0.2) is 0 Å². The summed E-state index contributed by atoms with van der Waals surface area (Å²) in [5, 5.41) is 3.78. The van der Waals surface area contributed by atoms with E-state index in [9.17, 15) is 0 Å². The van der Waals surface area contributed by atoms with Crippen LogP contribution in [0.1, 0.15) is 5.56 Å². The van der Waals surface area contributed by atoms with Crippen LogP contribution in [-0.2, 0) is 39.8 Å². The number of nitrogens with zero attached hydrogens (tertiary/aromatic N) is 2. The number of hydrogen-bond donors (Lipinski definition) is 1. The van der Waals surface area contributed by atoms with Crippen molar-refractivity contribution in [1.82, 2.24) is 9.78 Å². The first-order valence-electron chi connectivity index (χ1n) is 2.38. The van der Waals surface area contributed by atoms with Crippen LogP contribution in [0.5, 0.6) is 0 Å². The van der Waals surface area contributed by atoms with Crippen molar-refractivity contribution < 1.29 is 32.7 Å². The second-order valence-corrected chi connectivity index (χ2v) is 1.75. The Kier molecular flexibility index (Phi) is 3.37. The summed E-state index contributed by atoms with van der Waals surface area (Å²) in [6, 6.07) is 0. The third-order valence-electron chi connectivity index (χ3n) is 1.10. The molecule has 4 heteroatoms. The van der Waals surface area contributed by atoms with E-state index in [4.69, 9.17) is 5.73 Å². The van der Waals surface area contributed by atoms with E-state index in [2.05, 4.69) is 11.3 Å². The van der Waals surface area contributed by atoms with Crippen molar-refractivity contribution in [2.24, 2.45) is 7.05 Å². The Morgan fingerprint density at radius 1 is 1.67 bits per heavy atom. The molecule has 1 aromatic rings. The summed E-state index contributed by atoms with van der Waals surface area (Å²) in [6.07, 6.45) is 2.72. The molecule has 0 saturated carbocycles. The number of nitrogens with two attached hydrogens (primary N) is 1. The van der Waals surface area contributed by atoms with E-state index in [1.54, 1.807) is 11.7 Å². The van der Waals surface area contributed by atoms with Gasteiger partial charge in [-0.05, 0) is 5.82 Å². The van der Waals surface area contributed by atoms with Gasteiger partial charge in [0.2, 0.25) is 0 Å². The molecule has 0 fully saturated rings. The largest absolute Gasteiger partial charge is 0.460 e. The Hall–Kier alpha value is 0.114. The molecule has 3 nitrogen and oxygen atoms in total. The minimum Gasteiger partial charge on any atom is -0.460 e. The Labute approximate surface area is 79.5 Å². The SMILES string of the molecule is Cc1[c-]nn(C)c1N.[Y]. The zero-order chi connectivity index (χ0) is 6.15. The molecule has 0 atom stereocenters. The van der Waals surface area contributed by atoms with Gasteiger partial charge in [-0.2, -0.15) is 5.56 Å². The summed E-state index contributed by atoms with van der Waals surface area (Å²) in [6.45, 7) is 1.88. The smallest absolute Gasteiger partial charge is 0.0109 e. The molecule has 0 unspecified atom stereocenters. The summed E-state index contributed by atoms with van der Waals surface area (Å²) in [7, 11) is 1.79. The van der Waals surface area contributed by atoms with Crippen molar-refractivity contribution in [3.8, 4) is 0 Å². The first kappa shape index (κ1) is 9.11. The summed E-state index contributed by atoms with van der Waals surface area (Å²) in [5.74, 6) is 0.685. The van der Waals surface area contributed by atoms with E-state index in [-0.39, 0.29) is 32.7 Å². The van der Waals surface area contributed by atoms with Gasteiger partial charge in [-0.15, -0.1) is 6.20 Å². The summed E-state index contributed by atoms with van der Waals surface area (Å²) >= 11 is 0. The van der Waals surface area contributed by atoms with E-state index in [0.717, 1.165) is 5.56 Å². The third kappa shape index (κ3) is 1.76. The van der Waals surface area contributed by atoms with Gasteiger partial charge in [0.25, 0.3) is 0 Å². The first-order chi connectivity index (χ1) is 3.72. The monoisotopic (exact) mass is 199 g/mol. The minimum atomic E-state index is 0.